The molecule has 8 nitrogen and oxygen atoms in total. The Morgan fingerprint density at radius 2 is 1.90 bits per heavy atom. The zero-order valence-corrected chi connectivity index (χ0v) is 17.5. The van der Waals surface area contributed by atoms with Gasteiger partial charge in [0.25, 0.3) is 5.91 Å². The van der Waals surface area contributed by atoms with E-state index in [4.69, 9.17) is 16.2 Å². The number of carbonyl (C=O) groups is 1. The van der Waals surface area contributed by atoms with Crippen LogP contribution in [0.3, 0.4) is 0 Å². The maximum Gasteiger partial charge on any atom is 0.255 e. The molecule has 0 unspecified atom stereocenters. The number of amides is 1. The Morgan fingerprint density at radius 3 is 2.42 bits per heavy atom. The van der Waals surface area contributed by atoms with E-state index in [1.54, 1.807) is 24.3 Å². The Labute approximate surface area is 181 Å². The van der Waals surface area contributed by atoms with Crippen molar-refractivity contribution in [2.75, 3.05) is 19.7 Å². The molecule has 1 amide bonds. The van der Waals surface area contributed by atoms with Crippen LogP contribution in [0.25, 0.3) is 0 Å². The molecule has 1 aliphatic carbocycles. The number of primary amides is 1. The van der Waals surface area contributed by atoms with Gasteiger partial charge in [0.1, 0.15) is 11.8 Å². The molecular weight excluding hydrogens is 392 g/mol. The lowest BCUT2D eigenvalue weighted by molar-refractivity contribution is -0.119. The third kappa shape index (κ3) is 3.72. The van der Waals surface area contributed by atoms with Crippen LogP contribution < -0.4 is 16.2 Å². The van der Waals surface area contributed by atoms with Crippen molar-refractivity contribution in [1.29, 1.82) is 15.8 Å². The molecule has 2 aliphatic rings. The third-order valence-electron chi connectivity index (χ3n) is 6.04. The predicted molar refractivity (Wildman–Crippen MR) is 113 cm³/mol. The first-order valence-corrected chi connectivity index (χ1v) is 9.97. The quantitative estimate of drug-likeness (QED) is 0.740. The van der Waals surface area contributed by atoms with Gasteiger partial charge in [-0.25, -0.2) is 0 Å². The van der Waals surface area contributed by atoms with Gasteiger partial charge in [-0.3, -0.25) is 9.69 Å². The van der Waals surface area contributed by atoms with Crippen molar-refractivity contribution in [2.24, 2.45) is 22.8 Å². The first kappa shape index (κ1) is 21.9. The highest BCUT2D eigenvalue weighted by Gasteiger charge is 2.54. The van der Waals surface area contributed by atoms with Crippen molar-refractivity contribution in [2.45, 2.75) is 25.8 Å². The Hall–Kier alpha value is -3.80. The summed E-state index contributed by atoms with van der Waals surface area (Å²) in [4.78, 5) is 13.2. The molecule has 1 aliphatic heterocycles. The summed E-state index contributed by atoms with van der Waals surface area (Å²) in [5, 5.41) is 30.0. The maximum atomic E-state index is 11.0. The fourth-order valence-corrected chi connectivity index (χ4v) is 4.43. The Balaban J connectivity index is 2.15. The Morgan fingerprint density at radius 1 is 1.26 bits per heavy atom. The van der Waals surface area contributed by atoms with Crippen LogP contribution in [0.5, 0.6) is 5.75 Å². The highest BCUT2D eigenvalue weighted by molar-refractivity contribution is 5.75. The summed E-state index contributed by atoms with van der Waals surface area (Å²) in [7, 11) is 0. The van der Waals surface area contributed by atoms with Gasteiger partial charge in [-0.2, -0.15) is 15.8 Å². The molecule has 1 aromatic rings. The molecule has 2 atom stereocenters. The van der Waals surface area contributed by atoms with E-state index in [9.17, 15) is 20.6 Å². The van der Waals surface area contributed by atoms with Crippen LogP contribution in [-0.4, -0.2) is 36.5 Å². The number of benzene rings is 1. The second-order valence-electron chi connectivity index (χ2n) is 8.05. The molecule has 4 N–H and O–H groups in total. The summed E-state index contributed by atoms with van der Waals surface area (Å²) in [6.07, 6.45) is 1.98. The number of carbonyl (C=O) groups excluding carboxylic acids is 1. The van der Waals surface area contributed by atoms with Crippen LogP contribution >= 0.6 is 0 Å². The molecule has 0 aromatic heterocycles. The lowest BCUT2D eigenvalue weighted by Crippen LogP contribution is -2.49. The van der Waals surface area contributed by atoms with E-state index >= 15 is 0 Å². The number of rotatable bonds is 5. The highest BCUT2D eigenvalue weighted by Crippen LogP contribution is 2.54. The highest BCUT2D eigenvalue weighted by atomic mass is 16.5. The molecule has 0 saturated heterocycles. The fourth-order valence-electron chi connectivity index (χ4n) is 4.43. The Kier molecular flexibility index (Phi) is 6.02. The minimum absolute atomic E-state index is 0.000415. The van der Waals surface area contributed by atoms with E-state index < -0.39 is 17.2 Å². The van der Waals surface area contributed by atoms with E-state index in [-0.39, 0.29) is 29.8 Å². The first-order chi connectivity index (χ1) is 14.8. The van der Waals surface area contributed by atoms with Crippen LogP contribution in [0.4, 0.5) is 0 Å². The first-order valence-electron chi connectivity index (χ1n) is 9.97. The maximum absolute atomic E-state index is 11.0. The lowest BCUT2D eigenvalue weighted by atomic mass is 9.58. The number of nitrogens with zero attached hydrogens (tertiary/aromatic N) is 4. The van der Waals surface area contributed by atoms with E-state index in [1.165, 1.54) is 0 Å². The van der Waals surface area contributed by atoms with E-state index in [2.05, 4.69) is 37.0 Å². The second-order valence-corrected chi connectivity index (χ2v) is 8.05. The molecule has 1 aromatic carbocycles. The van der Waals surface area contributed by atoms with Crippen molar-refractivity contribution in [3.05, 3.63) is 52.7 Å². The molecule has 0 bridgehead atoms. The third-order valence-corrected chi connectivity index (χ3v) is 6.04. The second kappa shape index (κ2) is 8.52. The number of nitrogens with two attached hydrogens (primary N) is 2. The fraction of sp³-hybridized carbons (Fsp3) is 0.391. The monoisotopic (exact) mass is 416 g/mol. The van der Waals surface area contributed by atoms with Crippen LogP contribution in [0.2, 0.25) is 0 Å². The van der Waals surface area contributed by atoms with Crippen LogP contribution in [0.1, 0.15) is 25.3 Å². The average molecular weight is 416 g/mol. The molecule has 158 valence electrons. The van der Waals surface area contributed by atoms with Gasteiger partial charge in [0.2, 0.25) is 0 Å². The molecule has 31 heavy (non-hydrogen) atoms. The molecule has 8 heteroatoms. The number of nitriles is 3. The van der Waals surface area contributed by atoms with Crippen molar-refractivity contribution in [1.82, 2.24) is 4.90 Å². The van der Waals surface area contributed by atoms with E-state index in [0.29, 0.717) is 18.8 Å². The minimum Gasteiger partial charge on any atom is -0.484 e. The number of hydrogen-bond donors (Lipinski definition) is 2. The van der Waals surface area contributed by atoms with Crippen molar-refractivity contribution in [3.8, 4) is 24.0 Å². The van der Waals surface area contributed by atoms with Crippen LogP contribution in [0, 0.1) is 45.3 Å². The standard InChI is InChI=1S/C23H24N6O2/c1-14(2)29-8-7-17-18(9-24)22(28)23(12-25,13-26)21(19(17)10-29)15-3-5-16(6-4-15)31-11-20(27)30/h3-7,14,19,21H,8,10-11,28H2,1-2H3,(H2,27,30)/t19-,21-/m1/s1. The zero-order chi connectivity index (χ0) is 22.8. The van der Waals surface area contributed by atoms with Gasteiger partial charge < -0.3 is 16.2 Å². The van der Waals surface area contributed by atoms with Gasteiger partial charge >= 0.3 is 0 Å². The van der Waals surface area contributed by atoms with E-state index in [0.717, 1.165) is 11.1 Å². The normalized spacial score (nSPS) is 22.5. The van der Waals surface area contributed by atoms with Gasteiger partial charge in [-0.1, -0.05) is 18.2 Å². The van der Waals surface area contributed by atoms with Crippen LogP contribution in [-0.2, 0) is 4.79 Å². The smallest absolute Gasteiger partial charge is 0.255 e. The molecule has 0 saturated carbocycles. The van der Waals surface area contributed by atoms with Gasteiger partial charge in [0.05, 0.1) is 23.4 Å². The SMILES string of the molecule is CC(C)N1CC=C2C(C#N)=C(N)C(C#N)(C#N)[C@H](c3ccc(OCC(N)=O)cc3)[C@@H]2C1. The summed E-state index contributed by atoms with van der Waals surface area (Å²) in [5.41, 5.74) is 11.5. The predicted octanol–water partition coefficient (Wildman–Crippen LogP) is 1.68. The molecular formula is C23H24N6O2. The van der Waals surface area contributed by atoms with Gasteiger partial charge in [0, 0.05) is 31.0 Å². The Bertz CT molecular complexity index is 1050. The number of ether oxygens (including phenoxy) is 1. The average Bonchev–Trinajstić information content (AvgIpc) is 2.77. The topological polar surface area (TPSA) is 153 Å². The van der Waals surface area contributed by atoms with E-state index in [1.807, 2.05) is 6.08 Å². The van der Waals surface area contributed by atoms with Gasteiger partial charge in [-0.05, 0) is 37.1 Å². The van der Waals surface area contributed by atoms with Crippen molar-refractivity contribution in [3.63, 3.8) is 0 Å². The molecule has 0 radical (unpaired) electrons. The summed E-state index contributed by atoms with van der Waals surface area (Å²) in [6, 6.07) is 13.5. The van der Waals surface area contributed by atoms with Crippen molar-refractivity contribution < 1.29 is 9.53 Å². The van der Waals surface area contributed by atoms with Crippen molar-refractivity contribution >= 4 is 5.91 Å². The lowest BCUT2D eigenvalue weighted by Gasteiger charge is -2.46. The molecule has 3 rings (SSSR count). The number of fused-ring (bicyclic) bond motifs is 1. The largest absolute Gasteiger partial charge is 0.484 e. The summed E-state index contributed by atoms with van der Waals surface area (Å²) < 4.78 is 5.32. The summed E-state index contributed by atoms with van der Waals surface area (Å²) >= 11 is 0. The summed E-state index contributed by atoms with van der Waals surface area (Å²) in [6.45, 7) is 5.18. The minimum atomic E-state index is -1.68. The molecule has 0 fully saturated rings. The van der Waals surface area contributed by atoms with Crippen LogP contribution in [0.15, 0.2) is 47.2 Å². The summed E-state index contributed by atoms with van der Waals surface area (Å²) in [5.74, 6) is -0.966. The van der Waals surface area contributed by atoms with Gasteiger partial charge in [-0.15, -0.1) is 0 Å². The van der Waals surface area contributed by atoms with Gasteiger partial charge in [0.15, 0.2) is 12.0 Å². The molecule has 1 heterocycles. The molecule has 0 spiro atoms. The number of allylic oxidation sites excluding steroid dienone is 2. The number of hydrogen-bond acceptors (Lipinski definition) is 7. The zero-order valence-electron chi connectivity index (χ0n) is 17.5.